The van der Waals surface area contributed by atoms with Crippen molar-refractivity contribution in [2.75, 3.05) is 11.9 Å². The summed E-state index contributed by atoms with van der Waals surface area (Å²) in [6.45, 7) is 5.03. The molecule has 1 heterocycles. The first kappa shape index (κ1) is 11.5. The third-order valence-electron chi connectivity index (χ3n) is 2.48. The summed E-state index contributed by atoms with van der Waals surface area (Å²) >= 11 is 3.45. The molecule has 3 unspecified atom stereocenters. The molecule has 0 spiro atoms. The highest BCUT2D eigenvalue weighted by molar-refractivity contribution is 9.09. The van der Waals surface area contributed by atoms with E-state index in [9.17, 15) is 0 Å². The number of hydrogen-bond donors (Lipinski definition) is 0. The molecule has 3 heteroatoms. The van der Waals surface area contributed by atoms with Crippen molar-refractivity contribution in [1.29, 1.82) is 0 Å². The Balaban J connectivity index is 2.29. The highest BCUT2D eigenvalue weighted by Gasteiger charge is 2.28. The first-order valence-electron chi connectivity index (χ1n) is 5.11. The zero-order valence-electron chi connectivity index (χ0n) is 8.46. The number of halogens is 1. The predicted octanol–water partition coefficient (Wildman–Crippen LogP) is 2.95. The summed E-state index contributed by atoms with van der Waals surface area (Å²) in [5, 5.41) is 1.08. The van der Waals surface area contributed by atoms with Crippen LogP contribution in [0.1, 0.15) is 33.1 Å². The smallest absolute Gasteiger partial charge is 0.160 e. The Bertz CT molecular complexity index is 141. The van der Waals surface area contributed by atoms with Crippen LogP contribution in [0.15, 0.2) is 0 Å². The van der Waals surface area contributed by atoms with E-state index < -0.39 is 0 Å². The fourth-order valence-electron chi connectivity index (χ4n) is 1.66. The Hall–Kier alpha value is 0.400. The van der Waals surface area contributed by atoms with Gasteiger partial charge in [0.05, 0.1) is 12.7 Å². The highest BCUT2D eigenvalue weighted by Crippen LogP contribution is 2.25. The minimum absolute atomic E-state index is 0.0547. The van der Waals surface area contributed by atoms with Crippen LogP contribution in [0.25, 0.3) is 0 Å². The molecule has 0 aromatic carbocycles. The summed E-state index contributed by atoms with van der Waals surface area (Å²) in [6.07, 6.45) is 3.88. The SMILES string of the molecule is CCC(CCCBr)C1OCC(C)O1. The van der Waals surface area contributed by atoms with Gasteiger partial charge in [-0.2, -0.15) is 0 Å². The third-order valence-corrected chi connectivity index (χ3v) is 3.04. The van der Waals surface area contributed by atoms with Crippen molar-refractivity contribution in [3.8, 4) is 0 Å². The molecule has 13 heavy (non-hydrogen) atoms. The Morgan fingerprint density at radius 1 is 1.54 bits per heavy atom. The topological polar surface area (TPSA) is 18.5 Å². The quantitative estimate of drug-likeness (QED) is 0.699. The van der Waals surface area contributed by atoms with Gasteiger partial charge in [-0.3, -0.25) is 0 Å². The predicted molar refractivity (Wildman–Crippen MR) is 57.1 cm³/mol. The van der Waals surface area contributed by atoms with Crippen molar-refractivity contribution in [3.63, 3.8) is 0 Å². The fourth-order valence-corrected chi connectivity index (χ4v) is 1.98. The first-order valence-corrected chi connectivity index (χ1v) is 6.23. The summed E-state index contributed by atoms with van der Waals surface area (Å²) in [6, 6.07) is 0. The van der Waals surface area contributed by atoms with E-state index in [1.807, 2.05) is 0 Å². The summed E-state index contributed by atoms with van der Waals surface area (Å²) in [5.41, 5.74) is 0. The molecular weight excluding hydrogens is 232 g/mol. The van der Waals surface area contributed by atoms with Gasteiger partial charge in [0.15, 0.2) is 6.29 Å². The summed E-state index contributed by atoms with van der Waals surface area (Å²) in [7, 11) is 0. The Morgan fingerprint density at radius 3 is 2.77 bits per heavy atom. The van der Waals surface area contributed by atoms with E-state index in [0.29, 0.717) is 5.92 Å². The highest BCUT2D eigenvalue weighted by atomic mass is 79.9. The second kappa shape index (κ2) is 5.99. The van der Waals surface area contributed by atoms with Crippen molar-refractivity contribution < 1.29 is 9.47 Å². The van der Waals surface area contributed by atoms with Crippen LogP contribution in [0.5, 0.6) is 0 Å². The standard InChI is InChI=1S/C10H19BrO2/c1-3-9(5-4-6-11)10-12-7-8(2)13-10/h8-10H,3-7H2,1-2H3. The summed E-state index contributed by atoms with van der Waals surface area (Å²) in [4.78, 5) is 0. The van der Waals surface area contributed by atoms with Gasteiger partial charge < -0.3 is 9.47 Å². The van der Waals surface area contributed by atoms with Gasteiger partial charge >= 0.3 is 0 Å². The lowest BCUT2D eigenvalue weighted by molar-refractivity contribution is -0.0969. The van der Waals surface area contributed by atoms with E-state index in [4.69, 9.17) is 9.47 Å². The number of hydrogen-bond acceptors (Lipinski definition) is 2. The Morgan fingerprint density at radius 2 is 2.31 bits per heavy atom. The largest absolute Gasteiger partial charge is 0.350 e. The molecule has 2 nitrogen and oxygen atoms in total. The van der Waals surface area contributed by atoms with E-state index >= 15 is 0 Å². The van der Waals surface area contributed by atoms with Gasteiger partial charge in [-0.1, -0.05) is 22.9 Å². The molecule has 0 N–H and O–H groups in total. The van der Waals surface area contributed by atoms with Gasteiger partial charge in [-0.05, 0) is 26.2 Å². The molecule has 1 aliphatic heterocycles. The van der Waals surface area contributed by atoms with Gasteiger partial charge in [-0.15, -0.1) is 0 Å². The van der Waals surface area contributed by atoms with Crippen LogP contribution in [0.3, 0.4) is 0 Å². The van der Waals surface area contributed by atoms with E-state index in [-0.39, 0.29) is 12.4 Å². The van der Waals surface area contributed by atoms with Crippen molar-refractivity contribution in [1.82, 2.24) is 0 Å². The van der Waals surface area contributed by atoms with Crippen molar-refractivity contribution in [2.45, 2.75) is 45.5 Å². The molecule has 1 fully saturated rings. The van der Waals surface area contributed by atoms with Crippen LogP contribution in [-0.2, 0) is 9.47 Å². The molecule has 1 aliphatic rings. The molecule has 1 rings (SSSR count). The van der Waals surface area contributed by atoms with Crippen LogP contribution in [-0.4, -0.2) is 24.3 Å². The van der Waals surface area contributed by atoms with Gasteiger partial charge in [0.1, 0.15) is 0 Å². The zero-order chi connectivity index (χ0) is 9.68. The Labute approximate surface area is 89.1 Å². The first-order chi connectivity index (χ1) is 6.27. The molecule has 78 valence electrons. The third kappa shape index (κ3) is 3.56. The van der Waals surface area contributed by atoms with Crippen LogP contribution in [0.4, 0.5) is 0 Å². The summed E-state index contributed by atoms with van der Waals surface area (Å²) < 4.78 is 11.3. The normalized spacial score (nSPS) is 30.7. The summed E-state index contributed by atoms with van der Waals surface area (Å²) in [5.74, 6) is 0.572. The van der Waals surface area contributed by atoms with E-state index in [0.717, 1.165) is 18.4 Å². The second-order valence-corrected chi connectivity index (χ2v) is 4.44. The van der Waals surface area contributed by atoms with Crippen LogP contribution < -0.4 is 0 Å². The number of rotatable bonds is 5. The van der Waals surface area contributed by atoms with Crippen LogP contribution in [0.2, 0.25) is 0 Å². The monoisotopic (exact) mass is 250 g/mol. The van der Waals surface area contributed by atoms with E-state index in [1.54, 1.807) is 0 Å². The van der Waals surface area contributed by atoms with Crippen molar-refractivity contribution in [3.05, 3.63) is 0 Å². The molecule has 0 radical (unpaired) electrons. The minimum Gasteiger partial charge on any atom is -0.350 e. The molecule has 0 aromatic heterocycles. The second-order valence-electron chi connectivity index (χ2n) is 3.65. The molecular formula is C10H19BrO2. The molecule has 0 aromatic rings. The molecule has 0 saturated carbocycles. The van der Waals surface area contributed by atoms with Gasteiger partial charge in [0.25, 0.3) is 0 Å². The van der Waals surface area contributed by atoms with Gasteiger partial charge in [-0.25, -0.2) is 0 Å². The minimum atomic E-state index is 0.0547. The van der Waals surface area contributed by atoms with E-state index in [1.165, 1.54) is 12.8 Å². The zero-order valence-corrected chi connectivity index (χ0v) is 10.0. The average Bonchev–Trinajstić information content (AvgIpc) is 2.54. The van der Waals surface area contributed by atoms with Gasteiger partial charge in [0, 0.05) is 11.2 Å². The van der Waals surface area contributed by atoms with Crippen LogP contribution in [0, 0.1) is 5.92 Å². The lowest BCUT2D eigenvalue weighted by atomic mass is 10.0. The van der Waals surface area contributed by atoms with Crippen molar-refractivity contribution in [2.24, 2.45) is 5.92 Å². The molecule has 1 saturated heterocycles. The van der Waals surface area contributed by atoms with Crippen LogP contribution >= 0.6 is 15.9 Å². The fraction of sp³-hybridized carbons (Fsp3) is 1.00. The Kier molecular flexibility index (Phi) is 5.29. The number of alkyl halides is 1. The van der Waals surface area contributed by atoms with Gasteiger partial charge in [0.2, 0.25) is 0 Å². The lowest BCUT2D eigenvalue weighted by Gasteiger charge is -2.20. The maximum absolute atomic E-state index is 5.67. The average molecular weight is 251 g/mol. The van der Waals surface area contributed by atoms with E-state index in [2.05, 4.69) is 29.8 Å². The number of ether oxygens (including phenoxy) is 2. The maximum atomic E-state index is 5.67. The maximum Gasteiger partial charge on any atom is 0.160 e. The molecule has 0 amide bonds. The molecule has 0 aliphatic carbocycles. The molecule has 3 atom stereocenters. The lowest BCUT2D eigenvalue weighted by Crippen LogP contribution is -2.21. The molecule has 0 bridgehead atoms. The van der Waals surface area contributed by atoms with Crippen molar-refractivity contribution >= 4 is 15.9 Å².